The van der Waals surface area contributed by atoms with Gasteiger partial charge in [-0.25, -0.2) is 14.8 Å². The molecule has 2 aromatic rings. The zero-order chi connectivity index (χ0) is 21.6. The van der Waals surface area contributed by atoms with Crippen LogP contribution in [0.25, 0.3) is 10.3 Å². The van der Waals surface area contributed by atoms with E-state index in [4.69, 9.17) is 4.74 Å². The molecule has 1 amide bonds. The molecule has 0 bridgehead atoms. The summed E-state index contributed by atoms with van der Waals surface area (Å²) in [5.74, 6) is -1.28. The number of fused-ring (bicyclic) bond motifs is 1. The molecule has 1 fully saturated rings. The summed E-state index contributed by atoms with van der Waals surface area (Å²) in [6, 6.07) is -0.596. The number of aromatic nitrogens is 3. The van der Waals surface area contributed by atoms with Crippen molar-refractivity contribution in [3.63, 3.8) is 0 Å². The lowest BCUT2D eigenvalue weighted by molar-refractivity contribution is -0.148. The summed E-state index contributed by atoms with van der Waals surface area (Å²) in [6.45, 7) is 5.18. The molecule has 29 heavy (non-hydrogen) atoms. The summed E-state index contributed by atoms with van der Waals surface area (Å²) in [4.78, 5) is 34.4. The summed E-state index contributed by atoms with van der Waals surface area (Å²) < 4.78 is 47.4. The van der Waals surface area contributed by atoms with Crippen molar-refractivity contribution in [2.45, 2.75) is 62.3 Å². The van der Waals surface area contributed by atoms with Crippen molar-refractivity contribution in [1.29, 1.82) is 0 Å². The van der Waals surface area contributed by atoms with Gasteiger partial charge in [0.05, 0.1) is 6.04 Å². The van der Waals surface area contributed by atoms with Gasteiger partial charge in [-0.1, -0.05) is 23.1 Å². The standard InChI is InChI=1S/C17H21F3N4O3S2/c1-16(2,3)27-15(26)23-7-5-6-9(23)8-24-12(25)10-11(29-14(21-10)28-4)22-13(24)17(18,19)20/h9H,5-8H2,1-4H3. The number of amides is 1. The lowest BCUT2D eigenvalue weighted by Crippen LogP contribution is -2.44. The second kappa shape index (κ2) is 7.78. The highest BCUT2D eigenvalue weighted by molar-refractivity contribution is 8.00. The van der Waals surface area contributed by atoms with Crippen molar-refractivity contribution < 1.29 is 22.7 Å². The molecule has 0 radical (unpaired) electrons. The van der Waals surface area contributed by atoms with Gasteiger partial charge in [0.25, 0.3) is 5.56 Å². The number of rotatable bonds is 3. The molecule has 0 aliphatic carbocycles. The van der Waals surface area contributed by atoms with E-state index in [-0.39, 0.29) is 16.9 Å². The molecule has 1 unspecified atom stereocenters. The SMILES string of the molecule is CSc1nc2c(=O)n(CC3CCCN3C(=O)OC(C)(C)C)c(C(F)(F)F)nc2s1. The zero-order valence-electron chi connectivity index (χ0n) is 16.4. The molecule has 1 aliphatic heterocycles. The monoisotopic (exact) mass is 450 g/mol. The van der Waals surface area contributed by atoms with Crippen LogP contribution in [-0.2, 0) is 17.5 Å². The summed E-state index contributed by atoms with van der Waals surface area (Å²) in [7, 11) is 0. The minimum Gasteiger partial charge on any atom is -0.444 e. The molecule has 160 valence electrons. The molecule has 7 nitrogen and oxygen atoms in total. The van der Waals surface area contributed by atoms with Gasteiger partial charge in [0, 0.05) is 13.1 Å². The third-order valence-corrected chi connectivity index (χ3v) is 6.26. The maximum Gasteiger partial charge on any atom is 0.449 e. The van der Waals surface area contributed by atoms with Gasteiger partial charge in [0.15, 0.2) is 14.7 Å². The normalized spacial score (nSPS) is 17.9. The largest absolute Gasteiger partial charge is 0.449 e. The first-order chi connectivity index (χ1) is 13.4. The van der Waals surface area contributed by atoms with Crippen molar-refractivity contribution in [2.75, 3.05) is 12.8 Å². The first kappa shape index (κ1) is 21.9. The van der Waals surface area contributed by atoms with Crippen molar-refractivity contribution in [2.24, 2.45) is 0 Å². The van der Waals surface area contributed by atoms with E-state index in [9.17, 15) is 22.8 Å². The lowest BCUT2D eigenvalue weighted by Gasteiger charge is -2.29. The molecule has 0 N–H and O–H groups in total. The lowest BCUT2D eigenvalue weighted by atomic mass is 10.2. The first-order valence-corrected chi connectivity index (χ1v) is 11.0. The Labute approximate surface area is 173 Å². The molecule has 1 atom stereocenters. The van der Waals surface area contributed by atoms with Gasteiger partial charge in [-0.15, -0.1) is 0 Å². The summed E-state index contributed by atoms with van der Waals surface area (Å²) >= 11 is 2.18. The number of alkyl halides is 3. The van der Waals surface area contributed by atoms with E-state index < -0.39 is 35.3 Å². The van der Waals surface area contributed by atoms with Crippen LogP contribution in [0.4, 0.5) is 18.0 Å². The average Bonchev–Trinajstić information content (AvgIpc) is 3.21. The Morgan fingerprint density at radius 2 is 2.00 bits per heavy atom. The number of hydrogen-bond donors (Lipinski definition) is 0. The number of thiazole rings is 1. The number of likely N-dealkylation sites (tertiary alicyclic amines) is 1. The number of carbonyl (C=O) groups excluding carboxylic acids is 1. The second-order valence-electron chi connectivity index (χ2n) is 7.66. The maximum absolute atomic E-state index is 13.6. The van der Waals surface area contributed by atoms with E-state index in [0.717, 1.165) is 11.3 Å². The quantitative estimate of drug-likeness (QED) is 0.658. The Morgan fingerprint density at radius 3 is 2.59 bits per heavy atom. The number of hydrogen-bond acceptors (Lipinski definition) is 7. The van der Waals surface area contributed by atoms with E-state index in [1.165, 1.54) is 16.7 Å². The van der Waals surface area contributed by atoms with Crippen LogP contribution in [0.1, 0.15) is 39.4 Å². The number of halogens is 3. The predicted molar refractivity (Wildman–Crippen MR) is 104 cm³/mol. The van der Waals surface area contributed by atoms with Crippen LogP contribution in [-0.4, -0.2) is 50.0 Å². The van der Waals surface area contributed by atoms with E-state index in [1.54, 1.807) is 27.0 Å². The van der Waals surface area contributed by atoms with Gasteiger partial charge in [-0.2, -0.15) is 13.2 Å². The highest BCUT2D eigenvalue weighted by Gasteiger charge is 2.40. The fourth-order valence-electron chi connectivity index (χ4n) is 3.16. The topological polar surface area (TPSA) is 77.3 Å². The molecule has 0 spiro atoms. The Balaban J connectivity index is 2.01. The second-order valence-corrected chi connectivity index (χ2v) is 9.69. The molecular formula is C17H21F3N4O3S2. The van der Waals surface area contributed by atoms with Crippen molar-refractivity contribution in [3.8, 4) is 0 Å². The molecule has 2 aromatic heterocycles. The predicted octanol–water partition coefficient (Wildman–Crippen LogP) is 3.99. The Bertz CT molecular complexity index is 981. The van der Waals surface area contributed by atoms with Crippen LogP contribution in [0.15, 0.2) is 9.13 Å². The third kappa shape index (κ3) is 4.68. The van der Waals surface area contributed by atoms with Crippen LogP contribution < -0.4 is 5.56 Å². The van der Waals surface area contributed by atoms with E-state index in [1.807, 2.05) is 0 Å². The highest BCUT2D eigenvalue weighted by Crippen LogP contribution is 2.32. The molecule has 0 saturated carbocycles. The molecule has 3 rings (SSSR count). The van der Waals surface area contributed by atoms with Crippen LogP contribution in [0.2, 0.25) is 0 Å². The van der Waals surface area contributed by atoms with Gasteiger partial charge in [-0.05, 0) is 39.9 Å². The van der Waals surface area contributed by atoms with Gasteiger partial charge in [-0.3, -0.25) is 9.36 Å². The number of ether oxygens (including phenoxy) is 1. The Kier molecular flexibility index (Phi) is 5.87. The molecule has 3 heterocycles. The van der Waals surface area contributed by atoms with Crippen molar-refractivity contribution in [3.05, 3.63) is 16.2 Å². The highest BCUT2D eigenvalue weighted by atomic mass is 32.2. The molecule has 0 aromatic carbocycles. The third-order valence-electron chi connectivity index (χ3n) is 4.33. The number of nitrogens with zero attached hydrogens (tertiary/aromatic N) is 4. The number of thioether (sulfide) groups is 1. The van der Waals surface area contributed by atoms with E-state index >= 15 is 0 Å². The first-order valence-electron chi connectivity index (χ1n) is 8.93. The van der Waals surface area contributed by atoms with Gasteiger partial charge in [0.1, 0.15) is 5.60 Å². The summed E-state index contributed by atoms with van der Waals surface area (Å²) in [6.07, 6.45) is -2.62. The maximum atomic E-state index is 13.6. The van der Waals surface area contributed by atoms with Crippen LogP contribution >= 0.6 is 23.1 Å². The molecular weight excluding hydrogens is 429 g/mol. The summed E-state index contributed by atoms with van der Waals surface area (Å²) in [5, 5.41) is 0. The minimum absolute atomic E-state index is 0.0432. The fraction of sp³-hybridized carbons (Fsp3) is 0.647. The molecule has 1 aliphatic rings. The van der Waals surface area contributed by atoms with Crippen LogP contribution in [0.5, 0.6) is 0 Å². The molecule has 12 heteroatoms. The fourth-order valence-corrected chi connectivity index (χ4v) is 4.58. The molecule has 1 saturated heterocycles. The van der Waals surface area contributed by atoms with Gasteiger partial charge >= 0.3 is 12.3 Å². The zero-order valence-corrected chi connectivity index (χ0v) is 18.0. The van der Waals surface area contributed by atoms with Gasteiger partial charge < -0.3 is 9.64 Å². The summed E-state index contributed by atoms with van der Waals surface area (Å²) in [5.41, 5.74) is -1.67. The van der Waals surface area contributed by atoms with Crippen molar-refractivity contribution >= 4 is 39.5 Å². The number of carbonyl (C=O) groups is 1. The van der Waals surface area contributed by atoms with Crippen molar-refractivity contribution in [1.82, 2.24) is 19.4 Å². The minimum atomic E-state index is -4.81. The van der Waals surface area contributed by atoms with Gasteiger partial charge in [0.2, 0.25) is 5.82 Å². The Hall–Kier alpha value is -1.82. The van der Waals surface area contributed by atoms with Crippen LogP contribution in [0.3, 0.4) is 0 Å². The Morgan fingerprint density at radius 1 is 1.31 bits per heavy atom. The smallest absolute Gasteiger partial charge is 0.444 e. The van der Waals surface area contributed by atoms with Crippen LogP contribution in [0, 0.1) is 0 Å². The van der Waals surface area contributed by atoms with E-state index in [0.29, 0.717) is 28.3 Å². The van der Waals surface area contributed by atoms with E-state index in [2.05, 4.69) is 9.97 Å². The average molecular weight is 451 g/mol.